The van der Waals surface area contributed by atoms with Crippen LogP contribution < -0.4 is 10.1 Å². The second kappa shape index (κ2) is 6.39. The summed E-state index contributed by atoms with van der Waals surface area (Å²) in [7, 11) is 1.40. The number of halogens is 2. The Kier molecular flexibility index (Phi) is 4.58. The summed E-state index contributed by atoms with van der Waals surface area (Å²) in [6.07, 6.45) is 0. The van der Waals surface area contributed by atoms with Gasteiger partial charge in [0.15, 0.2) is 0 Å². The van der Waals surface area contributed by atoms with E-state index in [-0.39, 0.29) is 5.75 Å². The Bertz CT molecular complexity index is 604. The average molecular weight is 294 g/mol. The van der Waals surface area contributed by atoms with Crippen molar-refractivity contribution >= 4 is 23.2 Å². The van der Waals surface area contributed by atoms with E-state index in [1.165, 1.54) is 25.3 Å². The third-order valence-electron chi connectivity index (χ3n) is 2.74. The normalized spacial score (nSPS) is 11.8. The summed E-state index contributed by atoms with van der Waals surface area (Å²) in [5.41, 5.74) is 1.06. The molecule has 2 aromatic rings. The van der Waals surface area contributed by atoms with Gasteiger partial charge in [-0.05, 0) is 17.7 Å². The molecule has 0 spiro atoms. The molecule has 0 bridgehead atoms. The van der Waals surface area contributed by atoms with Crippen LogP contribution in [0.3, 0.4) is 0 Å². The second-order valence-electron chi connectivity index (χ2n) is 4.11. The molecule has 1 amide bonds. The largest absolute Gasteiger partial charge is 0.494 e. The summed E-state index contributed by atoms with van der Waals surface area (Å²) in [6, 6.07) is 12.8. The molecule has 3 nitrogen and oxygen atoms in total. The Morgan fingerprint density at radius 2 is 1.95 bits per heavy atom. The fourth-order valence-corrected chi connectivity index (χ4v) is 1.94. The van der Waals surface area contributed by atoms with Gasteiger partial charge in [0.1, 0.15) is 16.9 Å². The summed E-state index contributed by atoms with van der Waals surface area (Å²) < 4.78 is 18.1. The first kappa shape index (κ1) is 14.3. The maximum Gasteiger partial charge on any atom is 0.247 e. The van der Waals surface area contributed by atoms with Gasteiger partial charge in [-0.1, -0.05) is 30.3 Å². The Hall–Kier alpha value is -2.07. The van der Waals surface area contributed by atoms with E-state index < -0.39 is 17.1 Å². The molecule has 0 radical (unpaired) electrons. The molecule has 0 fully saturated rings. The van der Waals surface area contributed by atoms with Gasteiger partial charge in [-0.25, -0.2) is 4.39 Å². The van der Waals surface area contributed by atoms with Crippen LogP contribution in [0.4, 0.5) is 10.1 Å². The third-order valence-corrected chi connectivity index (χ3v) is 3.19. The fourth-order valence-electron chi connectivity index (χ4n) is 1.74. The maximum absolute atomic E-state index is 13.1. The van der Waals surface area contributed by atoms with Gasteiger partial charge in [-0.15, -0.1) is 11.6 Å². The molecule has 0 aromatic heterocycles. The Morgan fingerprint density at radius 1 is 1.25 bits per heavy atom. The molecule has 1 atom stereocenters. The number of methoxy groups -OCH3 is 1. The predicted octanol–water partition coefficient (Wildman–Crippen LogP) is 3.75. The average Bonchev–Trinajstić information content (AvgIpc) is 2.49. The van der Waals surface area contributed by atoms with E-state index >= 15 is 0 Å². The summed E-state index contributed by atoms with van der Waals surface area (Å²) in [5, 5.41) is 1.80. The first-order chi connectivity index (χ1) is 9.61. The minimum atomic E-state index is -0.828. The van der Waals surface area contributed by atoms with Gasteiger partial charge in [-0.2, -0.15) is 0 Å². The lowest BCUT2D eigenvalue weighted by molar-refractivity contribution is -0.116. The molecular weight excluding hydrogens is 281 g/mol. The monoisotopic (exact) mass is 293 g/mol. The van der Waals surface area contributed by atoms with Crippen molar-refractivity contribution in [1.82, 2.24) is 0 Å². The van der Waals surface area contributed by atoms with Gasteiger partial charge in [-0.3, -0.25) is 4.79 Å². The Labute approximate surface area is 121 Å². The summed E-state index contributed by atoms with van der Waals surface area (Å²) in [4.78, 5) is 12.1. The van der Waals surface area contributed by atoms with E-state index in [4.69, 9.17) is 16.3 Å². The highest BCUT2D eigenvalue weighted by molar-refractivity contribution is 6.32. The molecule has 0 aliphatic heterocycles. The fraction of sp³-hybridized carbons (Fsp3) is 0.133. The van der Waals surface area contributed by atoms with Gasteiger partial charge in [0.25, 0.3) is 0 Å². The van der Waals surface area contributed by atoms with Crippen molar-refractivity contribution < 1.29 is 13.9 Å². The topological polar surface area (TPSA) is 38.3 Å². The molecule has 104 valence electrons. The van der Waals surface area contributed by atoms with E-state index in [1.807, 2.05) is 6.07 Å². The van der Waals surface area contributed by atoms with Gasteiger partial charge in [0, 0.05) is 6.07 Å². The number of hydrogen-bond acceptors (Lipinski definition) is 2. The molecule has 5 heteroatoms. The standard InChI is InChI=1S/C15H13ClFNO2/c1-20-13-9-11(17)7-8-12(13)18-15(19)14(16)10-5-3-2-4-6-10/h2-9,14H,1H3,(H,18,19). The van der Waals surface area contributed by atoms with Crippen molar-refractivity contribution in [3.8, 4) is 5.75 Å². The molecule has 0 aliphatic carbocycles. The van der Waals surface area contributed by atoms with Crippen molar-refractivity contribution in [2.75, 3.05) is 12.4 Å². The zero-order chi connectivity index (χ0) is 14.5. The number of hydrogen-bond donors (Lipinski definition) is 1. The van der Waals surface area contributed by atoms with Crippen LogP contribution in [0.15, 0.2) is 48.5 Å². The van der Waals surface area contributed by atoms with Crippen LogP contribution in [0.25, 0.3) is 0 Å². The molecule has 0 aliphatic rings. The lowest BCUT2D eigenvalue weighted by Gasteiger charge is -2.13. The van der Waals surface area contributed by atoms with Crippen LogP contribution in [0.5, 0.6) is 5.75 Å². The number of alkyl halides is 1. The van der Waals surface area contributed by atoms with Crippen molar-refractivity contribution in [3.05, 3.63) is 59.9 Å². The lowest BCUT2D eigenvalue weighted by Crippen LogP contribution is -2.17. The van der Waals surface area contributed by atoms with Crippen molar-refractivity contribution in [1.29, 1.82) is 0 Å². The van der Waals surface area contributed by atoms with Crippen LogP contribution >= 0.6 is 11.6 Å². The summed E-state index contributed by atoms with van der Waals surface area (Å²) >= 11 is 6.11. The minimum Gasteiger partial charge on any atom is -0.494 e. The highest BCUT2D eigenvalue weighted by atomic mass is 35.5. The minimum absolute atomic E-state index is 0.246. The van der Waals surface area contributed by atoms with Gasteiger partial charge >= 0.3 is 0 Å². The van der Waals surface area contributed by atoms with Crippen LogP contribution in [0, 0.1) is 5.82 Å². The molecular formula is C15H13ClFNO2. The predicted molar refractivity (Wildman–Crippen MR) is 76.6 cm³/mol. The number of anilines is 1. The van der Waals surface area contributed by atoms with Gasteiger partial charge in [0.05, 0.1) is 12.8 Å². The van der Waals surface area contributed by atoms with Crippen LogP contribution in [-0.2, 0) is 4.79 Å². The number of ether oxygens (including phenoxy) is 1. The maximum atomic E-state index is 13.1. The van der Waals surface area contributed by atoms with Gasteiger partial charge < -0.3 is 10.1 Å². The summed E-state index contributed by atoms with van der Waals surface area (Å²) in [5.74, 6) is -0.594. The number of benzene rings is 2. The zero-order valence-corrected chi connectivity index (χ0v) is 11.5. The molecule has 0 saturated heterocycles. The first-order valence-electron chi connectivity index (χ1n) is 5.95. The van der Waals surface area contributed by atoms with Crippen LogP contribution in [-0.4, -0.2) is 13.0 Å². The lowest BCUT2D eigenvalue weighted by atomic mass is 10.1. The quantitative estimate of drug-likeness (QED) is 0.872. The number of carbonyl (C=O) groups is 1. The number of rotatable bonds is 4. The van der Waals surface area contributed by atoms with E-state index in [9.17, 15) is 9.18 Å². The van der Waals surface area contributed by atoms with E-state index in [0.717, 1.165) is 0 Å². The SMILES string of the molecule is COc1cc(F)ccc1NC(=O)C(Cl)c1ccccc1. The van der Waals surface area contributed by atoms with Crippen molar-refractivity contribution in [3.63, 3.8) is 0 Å². The Morgan fingerprint density at radius 3 is 2.60 bits per heavy atom. The van der Waals surface area contributed by atoms with E-state index in [2.05, 4.69) is 5.32 Å². The van der Waals surface area contributed by atoms with E-state index in [1.54, 1.807) is 24.3 Å². The smallest absolute Gasteiger partial charge is 0.247 e. The molecule has 0 saturated carbocycles. The zero-order valence-electron chi connectivity index (χ0n) is 10.8. The highest BCUT2D eigenvalue weighted by Gasteiger charge is 2.18. The van der Waals surface area contributed by atoms with Crippen molar-refractivity contribution in [2.45, 2.75) is 5.38 Å². The number of nitrogens with one attached hydrogen (secondary N) is 1. The molecule has 1 unspecified atom stereocenters. The summed E-state index contributed by atoms with van der Waals surface area (Å²) in [6.45, 7) is 0. The molecule has 2 aromatic carbocycles. The van der Waals surface area contributed by atoms with Crippen molar-refractivity contribution in [2.24, 2.45) is 0 Å². The molecule has 2 rings (SSSR count). The first-order valence-corrected chi connectivity index (χ1v) is 6.39. The number of carbonyl (C=O) groups excluding carboxylic acids is 1. The molecule has 20 heavy (non-hydrogen) atoms. The van der Waals surface area contributed by atoms with E-state index in [0.29, 0.717) is 11.3 Å². The van der Waals surface area contributed by atoms with Gasteiger partial charge in [0.2, 0.25) is 5.91 Å². The number of amides is 1. The van der Waals surface area contributed by atoms with Crippen LogP contribution in [0.1, 0.15) is 10.9 Å². The highest BCUT2D eigenvalue weighted by Crippen LogP contribution is 2.28. The third kappa shape index (κ3) is 3.27. The van der Waals surface area contributed by atoms with Crippen LogP contribution in [0.2, 0.25) is 0 Å². The molecule has 1 N–H and O–H groups in total. The molecule has 0 heterocycles. The second-order valence-corrected chi connectivity index (χ2v) is 4.54. The Balaban J connectivity index is 2.16.